The Morgan fingerprint density at radius 1 is 1.83 bits per heavy atom. The summed E-state index contributed by atoms with van der Waals surface area (Å²) in [7, 11) is 6.78. The van der Waals surface area contributed by atoms with Crippen LogP contribution >= 0.6 is 0 Å². The molecule has 0 amide bonds. The fourth-order valence-electron chi connectivity index (χ4n) is 0.158. The lowest BCUT2D eigenvalue weighted by Crippen LogP contribution is -2.17. The first kappa shape index (κ1) is 5.98. The van der Waals surface area contributed by atoms with Crippen LogP contribution in [-0.2, 0) is 0 Å². The third-order valence-electron chi connectivity index (χ3n) is 0.453. The fourth-order valence-corrected chi connectivity index (χ4v) is 0.158. The van der Waals surface area contributed by atoms with E-state index < -0.39 is 0 Å². The maximum absolute atomic E-state index is 8.12. The van der Waals surface area contributed by atoms with Gasteiger partial charge in [-0.15, -0.1) is 0 Å². The molecule has 0 heterocycles. The summed E-state index contributed by atoms with van der Waals surface area (Å²) in [6.45, 7) is 0.674. The van der Waals surface area contributed by atoms with Gasteiger partial charge < -0.3 is 9.92 Å². The molecule has 2 radical (unpaired) electrons. The second-order valence-corrected chi connectivity index (χ2v) is 1.20. The molecule has 0 saturated heterocycles. The van der Waals surface area contributed by atoms with Gasteiger partial charge in [0, 0.05) is 6.54 Å². The van der Waals surface area contributed by atoms with Crippen molar-refractivity contribution in [2.75, 3.05) is 20.2 Å². The molecule has 6 heavy (non-hydrogen) atoms. The molecule has 0 rings (SSSR count). The summed E-state index contributed by atoms with van der Waals surface area (Å²) in [6, 6.07) is 0. The SMILES string of the molecule is [B]N(C)CCO. The summed E-state index contributed by atoms with van der Waals surface area (Å²) in [6.07, 6.45) is 0. The minimum atomic E-state index is 0.132. The van der Waals surface area contributed by atoms with Crippen LogP contribution in [0, 0.1) is 0 Å². The van der Waals surface area contributed by atoms with E-state index in [4.69, 9.17) is 13.1 Å². The molecule has 0 spiro atoms. The van der Waals surface area contributed by atoms with Crippen LogP contribution in [0.1, 0.15) is 0 Å². The molecule has 0 aromatic rings. The molecule has 0 atom stereocenters. The number of aliphatic hydroxyl groups excluding tert-OH is 1. The van der Waals surface area contributed by atoms with Gasteiger partial charge in [0.2, 0.25) is 0 Å². The highest BCUT2D eigenvalue weighted by molar-refractivity contribution is 6.04. The standard InChI is InChI=1S/C3H8BNO/c1-5(4)2-3-6/h6H,2-3H2,1H3. The van der Waals surface area contributed by atoms with Crippen molar-refractivity contribution < 1.29 is 5.11 Å². The lowest BCUT2D eigenvalue weighted by molar-refractivity contribution is 0.270. The Morgan fingerprint density at radius 2 is 2.33 bits per heavy atom. The topological polar surface area (TPSA) is 23.5 Å². The van der Waals surface area contributed by atoms with E-state index in [1.54, 1.807) is 7.05 Å². The van der Waals surface area contributed by atoms with Gasteiger partial charge in [-0.05, 0) is 7.05 Å². The van der Waals surface area contributed by atoms with Crippen molar-refractivity contribution in [3.8, 4) is 0 Å². The molecule has 34 valence electrons. The minimum Gasteiger partial charge on any atom is -0.395 e. The number of hydrogen-bond donors (Lipinski definition) is 1. The second-order valence-electron chi connectivity index (χ2n) is 1.20. The van der Waals surface area contributed by atoms with Crippen LogP contribution in [0.25, 0.3) is 0 Å². The maximum atomic E-state index is 8.12. The Kier molecular flexibility index (Phi) is 3.18. The van der Waals surface area contributed by atoms with Gasteiger partial charge in [0.05, 0.1) is 6.61 Å². The predicted octanol–water partition coefficient (Wildman–Crippen LogP) is -1.01. The van der Waals surface area contributed by atoms with Crippen molar-refractivity contribution in [3.05, 3.63) is 0 Å². The van der Waals surface area contributed by atoms with Crippen molar-refractivity contribution in [3.63, 3.8) is 0 Å². The first-order valence-corrected chi connectivity index (χ1v) is 1.84. The van der Waals surface area contributed by atoms with Gasteiger partial charge in [-0.1, -0.05) is 0 Å². The normalized spacial score (nSPS) is 9.83. The monoisotopic (exact) mass is 85.1 g/mol. The average molecular weight is 84.9 g/mol. The summed E-state index contributed by atoms with van der Waals surface area (Å²) >= 11 is 0. The zero-order chi connectivity index (χ0) is 4.99. The van der Waals surface area contributed by atoms with Crippen molar-refractivity contribution in [1.29, 1.82) is 0 Å². The zero-order valence-electron chi connectivity index (χ0n) is 3.89. The second kappa shape index (κ2) is 3.19. The maximum Gasteiger partial charge on any atom is 0.182 e. The van der Waals surface area contributed by atoms with E-state index in [0.717, 1.165) is 0 Å². The third kappa shape index (κ3) is 3.98. The Balaban J connectivity index is 2.63. The molecule has 0 aliphatic carbocycles. The lowest BCUT2D eigenvalue weighted by atomic mass is 10.3. The van der Waals surface area contributed by atoms with E-state index in [2.05, 4.69) is 0 Å². The van der Waals surface area contributed by atoms with Crippen molar-refractivity contribution in [2.24, 2.45) is 0 Å². The van der Waals surface area contributed by atoms with E-state index >= 15 is 0 Å². The first-order chi connectivity index (χ1) is 2.77. The number of nitrogens with zero attached hydrogens (tertiary/aromatic N) is 1. The van der Waals surface area contributed by atoms with E-state index in [-0.39, 0.29) is 6.61 Å². The van der Waals surface area contributed by atoms with Crippen LogP contribution in [0.2, 0.25) is 0 Å². The van der Waals surface area contributed by atoms with Gasteiger partial charge in [0.25, 0.3) is 0 Å². The molecule has 3 heteroatoms. The molecule has 0 aromatic heterocycles. The average Bonchev–Trinajstić information content (AvgIpc) is 1.35. The Bertz CT molecular complexity index is 32.0. The van der Waals surface area contributed by atoms with Gasteiger partial charge in [0.15, 0.2) is 7.98 Å². The van der Waals surface area contributed by atoms with Gasteiger partial charge >= 0.3 is 0 Å². The number of rotatable bonds is 2. The van der Waals surface area contributed by atoms with Crippen molar-refractivity contribution >= 4 is 7.98 Å². The predicted molar refractivity (Wildman–Crippen MR) is 25.5 cm³/mol. The molecular formula is C3H8BNO. The Labute approximate surface area is 39.2 Å². The van der Waals surface area contributed by atoms with Crippen molar-refractivity contribution in [1.82, 2.24) is 4.81 Å². The molecule has 0 bridgehead atoms. The zero-order valence-corrected chi connectivity index (χ0v) is 3.89. The Hall–Kier alpha value is -0.0151. The van der Waals surface area contributed by atoms with Crippen LogP contribution in [0.3, 0.4) is 0 Å². The summed E-state index contributed by atoms with van der Waals surface area (Å²) in [5.74, 6) is 0. The van der Waals surface area contributed by atoms with Crippen LogP contribution in [0.5, 0.6) is 0 Å². The molecule has 0 aliphatic heterocycles. The minimum absolute atomic E-state index is 0.132. The molecule has 1 N–H and O–H groups in total. The van der Waals surface area contributed by atoms with Gasteiger partial charge in [0.1, 0.15) is 0 Å². The number of hydrogen-bond acceptors (Lipinski definition) is 2. The summed E-state index contributed by atoms with van der Waals surface area (Å²) in [5, 5.41) is 8.12. The van der Waals surface area contributed by atoms with Gasteiger partial charge in [-0.3, -0.25) is 0 Å². The fraction of sp³-hybridized carbons (Fsp3) is 1.00. The largest absolute Gasteiger partial charge is 0.395 e. The smallest absolute Gasteiger partial charge is 0.182 e. The highest BCUT2D eigenvalue weighted by atomic mass is 16.3. The van der Waals surface area contributed by atoms with E-state index in [9.17, 15) is 0 Å². The van der Waals surface area contributed by atoms with Crippen LogP contribution < -0.4 is 0 Å². The molecule has 0 unspecified atom stereocenters. The first-order valence-electron chi connectivity index (χ1n) is 1.84. The quantitative estimate of drug-likeness (QED) is 0.434. The van der Waals surface area contributed by atoms with Crippen LogP contribution in [-0.4, -0.2) is 38.1 Å². The molecule has 0 aliphatic rings. The van der Waals surface area contributed by atoms with Gasteiger partial charge in [-0.25, -0.2) is 0 Å². The molecule has 0 aromatic carbocycles. The highest BCUT2D eigenvalue weighted by Gasteiger charge is 1.80. The molecule has 2 nitrogen and oxygen atoms in total. The molecule has 0 saturated carbocycles. The summed E-state index contributed by atoms with van der Waals surface area (Å²) in [5.41, 5.74) is 0. The summed E-state index contributed by atoms with van der Waals surface area (Å²) < 4.78 is 0. The van der Waals surface area contributed by atoms with Crippen LogP contribution in [0.4, 0.5) is 0 Å². The number of likely N-dealkylation sites (N-methyl/N-ethyl adjacent to an activating group) is 1. The van der Waals surface area contributed by atoms with E-state index in [0.29, 0.717) is 6.54 Å². The Morgan fingerprint density at radius 3 is 2.33 bits per heavy atom. The highest BCUT2D eigenvalue weighted by Crippen LogP contribution is 1.64. The lowest BCUT2D eigenvalue weighted by Gasteiger charge is -2.03. The number of aliphatic hydroxyl groups is 1. The van der Waals surface area contributed by atoms with E-state index in [1.165, 1.54) is 4.81 Å². The molecular weight excluding hydrogens is 76.9 g/mol. The third-order valence-corrected chi connectivity index (χ3v) is 0.453. The van der Waals surface area contributed by atoms with Crippen molar-refractivity contribution in [2.45, 2.75) is 0 Å². The van der Waals surface area contributed by atoms with Crippen LogP contribution in [0.15, 0.2) is 0 Å². The van der Waals surface area contributed by atoms with E-state index in [1.807, 2.05) is 0 Å². The summed E-state index contributed by atoms with van der Waals surface area (Å²) in [4.78, 5) is 1.43. The van der Waals surface area contributed by atoms with Gasteiger partial charge in [-0.2, -0.15) is 0 Å². The molecule has 0 fully saturated rings.